The van der Waals surface area contributed by atoms with Crippen molar-refractivity contribution in [1.82, 2.24) is 4.90 Å². The highest BCUT2D eigenvalue weighted by atomic mass is 16.5. The van der Waals surface area contributed by atoms with Crippen molar-refractivity contribution in [2.75, 3.05) is 13.2 Å². The summed E-state index contributed by atoms with van der Waals surface area (Å²) in [5.41, 5.74) is 1.33. The Balaban J connectivity index is 1.43. The fraction of sp³-hybridized carbons (Fsp3) is 0.727. The zero-order valence-electron chi connectivity index (χ0n) is 15.4. The molecule has 0 spiro atoms. The molecule has 5 aliphatic rings. The summed E-state index contributed by atoms with van der Waals surface area (Å²) in [5.74, 6) is 2.49. The van der Waals surface area contributed by atoms with Gasteiger partial charge in [0.2, 0.25) is 0 Å². The van der Waals surface area contributed by atoms with Crippen molar-refractivity contribution in [2.24, 2.45) is 11.8 Å². The van der Waals surface area contributed by atoms with Gasteiger partial charge in [0.15, 0.2) is 0 Å². The first-order valence-electron chi connectivity index (χ1n) is 10.3. The van der Waals surface area contributed by atoms with Gasteiger partial charge in [0.25, 0.3) is 0 Å². The van der Waals surface area contributed by atoms with Gasteiger partial charge in [0.05, 0.1) is 12.2 Å². The van der Waals surface area contributed by atoms with Crippen molar-refractivity contribution in [2.45, 2.75) is 75.5 Å². The Kier molecular flexibility index (Phi) is 3.69. The van der Waals surface area contributed by atoms with Gasteiger partial charge in [0.1, 0.15) is 5.75 Å². The van der Waals surface area contributed by atoms with E-state index >= 15 is 0 Å². The maximum atomic E-state index is 11.1. The molecule has 1 N–H and O–H groups in total. The summed E-state index contributed by atoms with van der Waals surface area (Å²) in [6.07, 6.45) is 9.68. The molecule has 5 fully saturated rings. The minimum atomic E-state index is -0.365. The lowest BCUT2D eigenvalue weighted by atomic mass is 9.50. The molecule has 3 unspecified atom stereocenters. The second kappa shape index (κ2) is 5.72. The number of hydrogen-bond acceptors (Lipinski definition) is 3. The first-order chi connectivity index (χ1) is 12.1. The van der Waals surface area contributed by atoms with Crippen LogP contribution in [0.3, 0.4) is 0 Å². The van der Waals surface area contributed by atoms with Gasteiger partial charge in [-0.15, -0.1) is 0 Å². The number of rotatable bonds is 4. The average molecular weight is 341 g/mol. The molecule has 1 aliphatic heterocycles. The highest BCUT2D eigenvalue weighted by Gasteiger charge is 2.60. The number of benzene rings is 1. The van der Waals surface area contributed by atoms with Crippen LogP contribution in [0.1, 0.15) is 69.9 Å². The average Bonchev–Trinajstić information content (AvgIpc) is 3.04. The molecule has 3 nitrogen and oxygen atoms in total. The predicted molar refractivity (Wildman–Crippen MR) is 98.7 cm³/mol. The third-order valence-electron chi connectivity index (χ3n) is 7.44. The summed E-state index contributed by atoms with van der Waals surface area (Å²) >= 11 is 0. The van der Waals surface area contributed by atoms with Crippen molar-refractivity contribution < 1.29 is 9.84 Å². The van der Waals surface area contributed by atoms with E-state index < -0.39 is 0 Å². The Morgan fingerprint density at radius 2 is 1.84 bits per heavy atom. The zero-order chi connectivity index (χ0) is 17.1. The van der Waals surface area contributed by atoms with Gasteiger partial charge >= 0.3 is 0 Å². The molecule has 1 aromatic rings. The lowest BCUT2D eigenvalue weighted by molar-refractivity contribution is -0.178. The fourth-order valence-corrected chi connectivity index (χ4v) is 7.14. The van der Waals surface area contributed by atoms with Gasteiger partial charge in [-0.3, -0.25) is 4.90 Å². The maximum Gasteiger partial charge on any atom is 0.119 e. The SMILES string of the molecule is CCOc1ccc(C2CCCN2C23C[C@@H]4C[C@@H](CC(O)(C4)C2)C3)cc1. The van der Waals surface area contributed by atoms with Crippen LogP contribution in [0.4, 0.5) is 0 Å². The minimum absolute atomic E-state index is 0.262. The van der Waals surface area contributed by atoms with E-state index in [4.69, 9.17) is 4.74 Å². The Morgan fingerprint density at radius 1 is 1.12 bits per heavy atom. The van der Waals surface area contributed by atoms with Crippen molar-refractivity contribution in [3.8, 4) is 5.75 Å². The molecule has 1 aromatic carbocycles. The molecule has 4 bridgehead atoms. The fourth-order valence-electron chi connectivity index (χ4n) is 7.14. The van der Waals surface area contributed by atoms with Crippen LogP contribution in [0, 0.1) is 11.8 Å². The second-order valence-corrected chi connectivity index (χ2v) is 9.26. The van der Waals surface area contributed by atoms with E-state index in [0.29, 0.717) is 6.04 Å². The van der Waals surface area contributed by atoms with E-state index in [9.17, 15) is 5.11 Å². The summed E-state index contributed by atoms with van der Waals surface area (Å²) in [6.45, 7) is 3.96. The molecule has 4 saturated carbocycles. The molecule has 136 valence electrons. The molecule has 1 saturated heterocycles. The molecule has 0 amide bonds. The molecule has 5 atom stereocenters. The van der Waals surface area contributed by atoms with Gasteiger partial charge in [-0.1, -0.05) is 12.1 Å². The van der Waals surface area contributed by atoms with Crippen LogP contribution in [0.2, 0.25) is 0 Å². The molecular formula is C22H31NO2. The number of nitrogens with zero attached hydrogens (tertiary/aromatic N) is 1. The summed E-state index contributed by atoms with van der Waals surface area (Å²) in [7, 11) is 0. The van der Waals surface area contributed by atoms with Gasteiger partial charge in [0, 0.05) is 11.6 Å². The lowest BCUT2D eigenvalue weighted by Gasteiger charge is -2.63. The monoisotopic (exact) mass is 341 g/mol. The second-order valence-electron chi connectivity index (χ2n) is 9.26. The van der Waals surface area contributed by atoms with Crippen LogP contribution in [-0.2, 0) is 0 Å². The van der Waals surface area contributed by atoms with Crippen LogP contribution >= 0.6 is 0 Å². The third kappa shape index (κ3) is 2.62. The number of aliphatic hydroxyl groups is 1. The standard InChI is InChI=1S/C22H31NO2/c1-2-25-19-7-5-18(6-8-19)20-4-3-9-23(20)21-11-16-10-17(12-21)14-22(24,13-16)15-21/h5-8,16-17,20,24H,2-4,9-15H2,1H3/t16-,17+,20?,21?,22?. The Labute approximate surface area is 151 Å². The highest BCUT2D eigenvalue weighted by molar-refractivity contribution is 5.30. The predicted octanol–water partition coefficient (Wildman–Crippen LogP) is 4.31. The molecular weight excluding hydrogens is 310 g/mol. The van der Waals surface area contributed by atoms with Crippen LogP contribution in [0.5, 0.6) is 5.75 Å². The first kappa shape index (κ1) is 16.1. The first-order valence-corrected chi connectivity index (χ1v) is 10.3. The van der Waals surface area contributed by atoms with Crippen molar-refractivity contribution in [1.29, 1.82) is 0 Å². The Morgan fingerprint density at radius 3 is 2.48 bits per heavy atom. The van der Waals surface area contributed by atoms with Crippen LogP contribution in [-0.4, -0.2) is 34.3 Å². The van der Waals surface area contributed by atoms with E-state index in [-0.39, 0.29) is 11.1 Å². The normalized spacial score (nSPS) is 42.9. The summed E-state index contributed by atoms with van der Waals surface area (Å²) in [6, 6.07) is 9.31. The molecule has 3 heteroatoms. The summed E-state index contributed by atoms with van der Waals surface area (Å²) < 4.78 is 5.62. The largest absolute Gasteiger partial charge is 0.494 e. The van der Waals surface area contributed by atoms with E-state index in [2.05, 4.69) is 29.2 Å². The number of ether oxygens (including phenoxy) is 1. The number of likely N-dealkylation sites (tertiary alicyclic amines) is 1. The topological polar surface area (TPSA) is 32.7 Å². The quantitative estimate of drug-likeness (QED) is 0.886. The van der Waals surface area contributed by atoms with Crippen molar-refractivity contribution in [3.63, 3.8) is 0 Å². The van der Waals surface area contributed by atoms with Crippen molar-refractivity contribution in [3.05, 3.63) is 29.8 Å². The lowest BCUT2D eigenvalue weighted by Crippen LogP contribution is -2.65. The van der Waals surface area contributed by atoms with Crippen LogP contribution < -0.4 is 4.74 Å². The molecule has 0 radical (unpaired) electrons. The van der Waals surface area contributed by atoms with E-state index in [1.54, 1.807) is 0 Å². The molecule has 4 aliphatic carbocycles. The third-order valence-corrected chi connectivity index (χ3v) is 7.44. The van der Waals surface area contributed by atoms with Crippen LogP contribution in [0.15, 0.2) is 24.3 Å². The van der Waals surface area contributed by atoms with Gasteiger partial charge in [-0.25, -0.2) is 0 Å². The Bertz CT molecular complexity index is 626. The zero-order valence-corrected chi connectivity index (χ0v) is 15.4. The van der Waals surface area contributed by atoms with Gasteiger partial charge in [-0.2, -0.15) is 0 Å². The molecule has 25 heavy (non-hydrogen) atoms. The molecule has 1 heterocycles. The molecule has 6 rings (SSSR count). The van der Waals surface area contributed by atoms with Gasteiger partial charge in [-0.05, 0) is 94.4 Å². The number of hydrogen-bond donors (Lipinski definition) is 1. The summed E-state index contributed by atoms with van der Waals surface area (Å²) in [4.78, 5) is 2.81. The summed E-state index contributed by atoms with van der Waals surface area (Å²) in [5, 5.41) is 11.1. The van der Waals surface area contributed by atoms with E-state index in [1.807, 2.05) is 6.92 Å². The van der Waals surface area contributed by atoms with Crippen molar-refractivity contribution >= 4 is 0 Å². The Hall–Kier alpha value is -1.06. The molecule has 0 aromatic heterocycles. The minimum Gasteiger partial charge on any atom is -0.494 e. The smallest absolute Gasteiger partial charge is 0.119 e. The maximum absolute atomic E-state index is 11.1. The van der Waals surface area contributed by atoms with E-state index in [1.165, 1.54) is 44.2 Å². The van der Waals surface area contributed by atoms with E-state index in [0.717, 1.165) is 43.5 Å². The van der Waals surface area contributed by atoms with Gasteiger partial charge < -0.3 is 9.84 Å². The van der Waals surface area contributed by atoms with Crippen LogP contribution in [0.25, 0.3) is 0 Å². The highest BCUT2D eigenvalue weighted by Crippen LogP contribution is 2.61.